The van der Waals surface area contributed by atoms with Crippen LogP contribution in [0, 0.1) is 0 Å². The van der Waals surface area contributed by atoms with E-state index >= 15 is 0 Å². The van der Waals surface area contributed by atoms with Crippen LogP contribution in [0.3, 0.4) is 0 Å². The Balaban J connectivity index is 1.45. The SMILES string of the molecule is CCOC(=O)N1CCC(NC(=O)Nc2ccc3c(c2)CCO3)CC1. The molecule has 0 saturated carbocycles. The zero-order valence-corrected chi connectivity index (χ0v) is 13.8. The second-order valence-corrected chi connectivity index (χ2v) is 5.98. The van der Waals surface area contributed by atoms with Crippen LogP contribution in [0.15, 0.2) is 18.2 Å². The Morgan fingerprint density at radius 2 is 2.12 bits per heavy atom. The van der Waals surface area contributed by atoms with E-state index in [1.807, 2.05) is 18.2 Å². The van der Waals surface area contributed by atoms with Crippen molar-refractivity contribution in [1.82, 2.24) is 10.2 Å². The van der Waals surface area contributed by atoms with E-state index in [0.717, 1.165) is 36.3 Å². The Hall–Kier alpha value is -2.44. The summed E-state index contributed by atoms with van der Waals surface area (Å²) in [6, 6.07) is 5.52. The summed E-state index contributed by atoms with van der Waals surface area (Å²) in [5.74, 6) is 0.896. The van der Waals surface area contributed by atoms with E-state index in [1.165, 1.54) is 0 Å². The highest BCUT2D eigenvalue weighted by atomic mass is 16.6. The number of hydrogen-bond donors (Lipinski definition) is 2. The van der Waals surface area contributed by atoms with Crippen molar-refractivity contribution >= 4 is 17.8 Å². The highest BCUT2D eigenvalue weighted by Crippen LogP contribution is 2.27. The molecule has 0 bridgehead atoms. The van der Waals surface area contributed by atoms with E-state index in [0.29, 0.717) is 26.3 Å². The molecule has 2 aliphatic heterocycles. The van der Waals surface area contributed by atoms with Gasteiger partial charge in [0, 0.05) is 31.2 Å². The fourth-order valence-electron chi connectivity index (χ4n) is 3.04. The minimum absolute atomic E-state index is 0.0634. The fraction of sp³-hybridized carbons (Fsp3) is 0.529. The molecule has 1 fully saturated rings. The van der Waals surface area contributed by atoms with Crippen LogP contribution in [0.5, 0.6) is 5.75 Å². The van der Waals surface area contributed by atoms with Gasteiger partial charge in [0.15, 0.2) is 0 Å². The zero-order chi connectivity index (χ0) is 16.9. The lowest BCUT2D eigenvalue weighted by atomic mass is 10.1. The molecule has 0 atom stereocenters. The molecule has 7 heteroatoms. The maximum atomic E-state index is 12.1. The summed E-state index contributed by atoms with van der Waals surface area (Å²) < 4.78 is 10.4. The van der Waals surface area contributed by atoms with Crippen LogP contribution in [0.25, 0.3) is 0 Å². The Bertz CT molecular complexity index is 612. The van der Waals surface area contributed by atoms with Crippen molar-refractivity contribution in [3.05, 3.63) is 23.8 Å². The van der Waals surface area contributed by atoms with Gasteiger partial charge in [-0.25, -0.2) is 9.59 Å². The first-order valence-corrected chi connectivity index (χ1v) is 8.40. The Labute approximate surface area is 141 Å². The van der Waals surface area contributed by atoms with Crippen LogP contribution >= 0.6 is 0 Å². The Morgan fingerprint density at radius 1 is 1.33 bits per heavy atom. The Kier molecular flexibility index (Phi) is 5.08. The summed E-state index contributed by atoms with van der Waals surface area (Å²) in [5.41, 5.74) is 1.89. The molecule has 7 nitrogen and oxygen atoms in total. The smallest absolute Gasteiger partial charge is 0.409 e. The van der Waals surface area contributed by atoms with Crippen LogP contribution in [-0.4, -0.2) is 49.4 Å². The van der Waals surface area contributed by atoms with Gasteiger partial charge in [0.25, 0.3) is 0 Å². The predicted molar refractivity (Wildman–Crippen MR) is 89.4 cm³/mol. The van der Waals surface area contributed by atoms with Crippen LogP contribution in [0.2, 0.25) is 0 Å². The second kappa shape index (κ2) is 7.42. The van der Waals surface area contributed by atoms with Gasteiger partial charge >= 0.3 is 12.1 Å². The number of fused-ring (bicyclic) bond motifs is 1. The summed E-state index contributed by atoms with van der Waals surface area (Å²) in [6.07, 6.45) is 2.05. The van der Waals surface area contributed by atoms with Gasteiger partial charge in [-0.1, -0.05) is 0 Å². The number of likely N-dealkylation sites (tertiary alicyclic amines) is 1. The molecule has 1 saturated heterocycles. The quantitative estimate of drug-likeness (QED) is 0.890. The number of hydrogen-bond acceptors (Lipinski definition) is 4. The van der Waals surface area contributed by atoms with Crippen LogP contribution < -0.4 is 15.4 Å². The first-order valence-electron chi connectivity index (χ1n) is 8.40. The third kappa shape index (κ3) is 3.90. The minimum atomic E-state index is -0.277. The average Bonchev–Trinajstić information content (AvgIpc) is 3.03. The molecule has 0 radical (unpaired) electrons. The molecule has 2 N–H and O–H groups in total. The number of carbonyl (C=O) groups is 2. The molecule has 2 aliphatic rings. The molecule has 0 aliphatic carbocycles. The monoisotopic (exact) mass is 333 g/mol. The van der Waals surface area contributed by atoms with Crippen molar-refractivity contribution in [2.24, 2.45) is 0 Å². The van der Waals surface area contributed by atoms with Crippen LogP contribution in [0.4, 0.5) is 15.3 Å². The number of rotatable bonds is 3. The van der Waals surface area contributed by atoms with Gasteiger partial charge in [-0.15, -0.1) is 0 Å². The summed E-state index contributed by atoms with van der Waals surface area (Å²) in [5, 5.41) is 5.83. The van der Waals surface area contributed by atoms with Gasteiger partial charge in [-0.05, 0) is 43.5 Å². The number of amides is 3. The summed E-state index contributed by atoms with van der Waals surface area (Å²) in [4.78, 5) is 25.5. The van der Waals surface area contributed by atoms with E-state index in [1.54, 1.807) is 11.8 Å². The minimum Gasteiger partial charge on any atom is -0.493 e. The number of anilines is 1. The number of nitrogens with one attached hydrogen (secondary N) is 2. The lowest BCUT2D eigenvalue weighted by Crippen LogP contribution is -2.47. The van der Waals surface area contributed by atoms with Gasteiger partial charge in [-0.2, -0.15) is 0 Å². The first-order chi connectivity index (χ1) is 11.7. The van der Waals surface area contributed by atoms with Crippen LogP contribution in [-0.2, 0) is 11.2 Å². The molecule has 3 amide bonds. The van der Waals surface area contributed by atoms with Gasteiger partial charge in [0.05, 0.1) is 13.2 Å². The summed E-state index contributed by atoms with van der Waals surface area (Å²) in [7, 11) is 0. The average molecular weight is 333 g/mol. The van der Waals surface area contributed by atoms with Crippen molar-refractivity contribution < 1.29 is 19.1 Å². The first kappa shape index (κ1) is 16.4. The fourth-order valence-corrected chi connectivity index (χ4v) is 3.04. The summed E-state index contributed by atoms with van der Waals surface area (Å²) >= 11 is 0. The summed E-state index contributed by atoms with van der Waals surface area (Å²) in [6.45, 7) is 4.07. The topological polar surface area (TPSA) is 79.9 Å². The number of urea groups is 1. The highest BCUT2D eigenvalue weighted by molar-refractivity contribution is 5.89. The molecule has 1 aromatic carbocycles. The molecule has 24 heavy (non-hydrogen) atoms. The predicted octanol–water partition coefficient (Wildman–Crippen LogP) is 2.36. The molecule has 130 valence electrons. The number of piperidine rings is 1. The lowest BCUT2D eigenvalue weighted by molar-refractivity contribution is 0.0959. The molecular weight excluding hydrogens is 310 g/mol. The zero-order valence-electron chi connectivity index (χ0n) is 13.8. The van der Waals surface area contributed by atoms with Gasteiger partial charge in [0.1, 0.15) is 5.75 Å². The normalized spacial score (nSPS) is 17.0. The number of benzene rings is 1. The van der Waals surface area contributed by atoms with Crippen molar-refractivity contribution in [3.63, 3.8) is 0 Å². The third-order valence-electron chi connectivity index (χ3n) is 4.30. The van der Waals surface area contributed by atoms with E-state index in [4.69, 9.17) is 9.47 Å². The highest BCUT2D eigenvalue weighted by Gasteiger charge is 2.24. The largest absolute Gasteiger partial charge is 0.493 e. The van der Waals surface area contributed by atoms with Gasteiger partial charge in [-0.3, -0.25) is 0 Å². The van der Waals surface area contributed by atoms with Gasteiger partial charge < -0.3 is 25.0 Å². The second-order valence-electron chi connectivity index (χ2n) is 5.98. The molecule has 0 unspecified atom stereocenters. The maximum Gasteiger partial charge on any atom is 0.409 e. The molecule has 0 spiro atoms. The molecule has 2 heterocycles. The van der Waals surface area contributed by atoms with Crippen molar-refractivity contribution in [1.29, 1.82) is 0 Å². The molecule has 1 aromatic rings. The number of carbonyl (C=O) groups excluding carboxylic acids is 2. The van der Waals surface area contributed by atoms with Crippen molar-refractivity contribution in [3.8, 4) is 5.75 Å². The lowest BCUT2D eigenvalue weighted by Gasteiger charge is -2.31. The molecule has 0 aromatic heterocycles. The maximum absolute atomic E-state index is 12.1. The standard InChI is InChI=1S/C17H23N3O4/c1-2-23-17(22)20-8-5-13(6-9-20)18-16(21)19-14-3-4-15-12(11-14)7-10-24-15/h3-4,11,13H,2,5-10H2,1H3,(H2,18,19,21). The van der Waals surface area contributed by atoms with Crippen molar-refractivity contribution in [2.45, 2.75) is 32.2 Å². The van der Waals surface area contributed by atoms with Gasteiger partial charge in [0.2, 0.25) is 0 Å². The van der Waals surface area contributed by atoms with Crippen LogP contribution in [0.1, 0.15) is 25.3 Å². The Morgan fingerprint density at radius 3 is 2.88 bits per heavy atom. The van der Waals surface area contributed by atoms with E-state index in [2.05, 4.69) is 10.6 Å². The van der Waals surface area contributed by atoms with E-state index in [9.17, 15) is 9.59 Å². The van der Waals surface area contributed by atoms with E-state index < -0.39 is 0 Å². The number of ether oxygens (including phenoxy) is 2. The molecular formula is C17H23N3O4. The third-order valence-corrected chi connectivity index (χ3v) is 4.30. The number of nitrogens with zero attached hydrogens (tertiary/aromatic N) is 1. The molecule has 3 rings (SSSR count). The van der Waals surface area contributed by atoms with E-state index in [-0.39, 0.29) is 18.2 Å². The van der Waals surface area contributed by atoms with Crippen molar-refractivity contribution in [2.75, 3.05) is 31.6 Å².